The quantitative estimate of drug-likeness (QED) is 0.937. The van der Waals surface area contributed by atoms with Crippen LogP contribution in [0.15, 0.2) is 54.6 Å². The Morgan fingerprint density at radius 3 is 2.62 bits per heavy atom. The van der Waals surface area contributed by atoms with Crippen LogP contribution in [-0.2, 0) is 4.74 Å². The lowest BCUT2D eigenvalue weighted by Gasteiger charge is -2.13. The Labute approximate surface area is 140 Å². The van der Waals surface area contributed by atoms with Gasteiger partial charge in [0.1, 0.15) is 11.9 Å². The Morgan fingerprint density at radius 2 is 1.92 bits per heavy atom. The molecule has 2 aromatic rings. The molecular weight excluding hydrogens is 308 g/mol. The summed E-state index contributed by atoms with van der Waals surface area (Å²) in [5.74, 6) is 0.458. The second kappa shape index (κ2) is 7.04. The number of nitrogens with one attached hydrogen (secondary N) is 1. The molecule has 0 spiro atoms. The van der Waals surface area contributed by atoms with Gasteiger partial charge in [-0.3, -0.25) is 4.90 Å². The number of rotatable bonds is 4. The van der Waals surface area contributed by atoms with Crippen molar-refractivity contribution in [2.75, 3.05) is 18.0 Å². The number of benzene rings is 2. The summed E-state index contributed by atoms with van der Waals surface area (Å²) in [5.41, 5.74) is 1.90. The molecule has 0 aliphatic carbocycles. The first kappa shape index (κ1) is 15.9. The number of amides is 2. The molecule has 6 nitrogen and oxygen atoms in total. The van der Waals surface area contributed by atoms with Crippen molar-refractivity contribution in [3.05, 3.63) is 60.2 Å². The lowest BCUT2D eigenvalue weighted by Crippen LogP contribution is -2.36. The third-order valence-corrected chi connectivity index (χ3v) is 3.65. The van der Waals surface area contributed by atoms with Crippen molar-refractivity contribution in [3.8, 4) is 5.75 Å². The molecule has 1 heterocycles. The van der Waals surface area contributed by atoms with E-state index in [0.717, 1.165) is 11.3 Å². The van der Waals surface area contributed by atoms with Crippen LogP contribution >= 0.6 is 0 Å². The zero-order valence-corrected chi connectivity index (χ0v) is 13.3. The highest BCUT2D eigenvalue weighted by molar-refractivity contribution is 5.89. The summed E-state index contributed by atoms with van der Waals surface area (Å²) in [6.07, 6.45) is -1.41. The van der Waals surface area contributed by atoms with E-state index in [0.29, 0.717) is 12.3 Å². The van der Waals surface area contributed by atoms with Crippen LogP contribution < -0.4 is 15.0 Å². The summed E-state index contributed by atoms with van der Waals surface area (Å²) in [6, 6.07) is 16.4. The van der Waals surface area contributed by atoms with E-state index in [1.807, 2.05) is 37.3 Å². The maximum Gasteiger partial charge on any atom is 0.414 e. The number of anilines is 1. The molecule has 1 N–H and O–H groups in total. The lowest BCUT2D eigenvalue weighted by atomic mass is 10.2. The van der Waals surface area contributed by atoms with E-state index in [-0.39, 0.29) is 6.54 Å². The van der Waals surface area contributed by atoms with Gasteiger partial charge in [0.2, 0.25) is 0 Å². The van der Waals surface area contributed by atoms with Gasteiger partial charge in [-0.2, -0.15) is 0 Å². The van der Waals surface area contributed by atoms with Crippen LogP contribution in [0.5, 0.6) is 5.75 Å². The van der Waals surface area contributed by atoms with E-state index in [4.69, 9.17) is 9.47 Å². The van der Waals surface area contributed by atoms with Gasteiger partial charge in [0.15, 0.2) is 0 Å². The number of ether oxygens (including phenoxy) is 2. The lowest BCUT2D eigenvalue weighted by molar-refractivity contribution is 0.137. The van der Waals surface area contributed by atoms with Crippen molar-refractivity contribution in [1.82, 2.24) is 5.32 Å². The highest BCUT2D eigenvalue weighted by Gasteiger charge is 2.32. The van der Waals surface area contributed by atoms with E-state index in [1.54, 1.807) is 29.2 Å². The predicted molar refractivity (Wildman–Crippen MR) is 89.3 cm³/mol. The van der Waals surface area contributed by atoms with Gasteiger partial charge in [0.05, 0.1) is 13.1 Å². The molecule has 2 aromatic carbocycles. The van der Waals surface area contributed by atoms with Crippen LogP contribution in [0.1, 0.15) is 5.56 Å². The van der Waals surface area contributed by atoms with E-state index < -0.39 is 18.3 Å². The van der Waals surface area contributed by atoms with Gasteiger partial charge in [-0.25, -0.2) is 9.59 Å². The first-order valence-corrected chi connectivity index (χ1v) is 7.67. The maximum absolute atomic E-state index is 12.0. The summed E-state index contributed by atoms with van der Waals surface area (Å²) < 4.78 is 10.4. The smallest absolute Gasteiger partial charge is 0.414 e. The summed E-state index contributed by atoms with van der Waals surface area (Å²) >= 11 is 0. The fraction of sp³-hybridized carbons (Fsp3) is 0.222. The van der Waals surface area contributed by atoms with Crippen molar-refractivity contribution >= 4 is 17.9 Å². The molecule has 124 valence electrons. The Kier molecular flexibility index (Phi) is 4.65. The number of cyclic esters (lactones) is 1. The molecule has 1 unspecified atom stereocenters. The molecule has 1 atom stereocenters. The summed E-state index contributed by atoms with van der Waals surface area (Å²) in [6.45, 7) is 2.56. The second-order valence-corrected chi connectivity index (χ2v) is 5.54. The zero-order chi connectivity index (χ0) is 16.9. The average molecular weight is 326 g/mol. The molecule has 1 aliphatic rings. The minimum absolute atomic E-state index is 0.194. The van der Waals surface area contributed by atoms with Gasteiger partial charge >= 0.3 is 12.2 Å². The van der Waals surface area contributed by atoms with Gasteiger partial charge in [-0.05, 0) is 31.2 Å². The Bertz CT molecular complexity index is 716. The third kappa shape index (κ3) is 3.84. The van der Waals surface area contributed by atoms with Crippen LogP contribution in [0, 0.1) is 6.92 Å². The van der Waals surface area contributed by atoms with Gasteiger partial charge in [-0.15, -0.1) is 0 Å². The maximum atomic E-state index is 12.0. The van der Waals surface area contributed by atoms with E-state index in [2.05, 4.69) is 5.32 Å². The SMILES string of the molecule is Cc1ccc(N2CC(CNC(=O)Oc3ccccc3)OC2=O)cc1. The van der Waals surface area contributed by atoms with Gasteiger partial charge < -0.3 is 14.8 Å². The van der Waals surface area contributed by atoms with Crippen molar-refractivity contribution in [2.45, 2.75) is 13.0 Å². The van der Waals surface area contributed by atoms with E-state index >= 15 is 0 Å². The molecule has 1 saturated heterocycles. The molecule has 3 rings (SSSR count). The Morgan fingerprint density at radius 1 is 1.21 bits per heavy atom. The molecule has 0 radical (unpaired) electrons. The van der Waals surface area contributed by atoms with Gasteiger partial charge in [0, 0.05) is 5.69 Å². The third-order valence-electron chi connectivity index (χ3n) is 3.65. The average Bonchev–Trinajstić information content (AvgIpc) is 2.95. The Balaban J connectivity index is 1.51. The largest absolute Gasteiger partial charge is 0.442 e. The fourth-order valence-corrected chi connectivity index (χ4v) is 2.39. The molecule has 2 amide bonds. The molecule has 24 heavy (non-hydrogen) atoms. The highest BCUT2D eigenvalue weighted by Crippen LogP contribution is 2.21. The minimum Gasteiger partial charge on any atom is -0.442 e. The first-order valence-electron chi connectivity index (χ1n) is 7.67. The number of para-hydroxylation sites is 1. The minimum atomic E-state index is -0.578. The summed E-state index contributed by atoms with van der Waals surface area (Å²) in [4.78, 5) is 25.3. The number of hydrogen-bond acceptors (Lipinski definition) is 4. The van der Waals surface area contributed by atoms with Crippen molar-refractivity contribution in [3.63, 3.8) is 0 Å². The topological polar surface area (TPSA) is 67.9 Å². The monoisotopic (exact) mass is 326 g/mol. The predicted octanol–water partition coefficient (Wildman–Crippen LogP) is 3.11. The number of carbonyl (C=O) groups excluding carboxylic acids is 2. The zero-order valence-electron chi connectivity index (χ0n) is 13.3. The molecular formula is C18H18N2O4. The normalized spacial score (nSPS) is 16.6. The second-order valence-electron chi connectivity index (χ2n) is 5.54. The fourth-order valence-electron chi connectivity index (χ4n) is 2.39. The van der Waals surface area contributed by atoms with Crippen LogP contribution in [0.25, 0.3) is 0 Å². The standard InChI is InChI=1S/C18H18N2O4/c1-13-7-9-14(10-8-13)20-12-16(24-18(20)22)11-19-17(21)23-15-5-3-2-4-6-15/h2-10,16H,11-12H2,1H3,(H,19,21). The number of nitrogens with zero attached hydrogens (tertiary/aromatic N) is 1. The van der Waals surface area contributed by atoms with E-state index in [1.165, 1.54) is 0 Å². The van der Waals surface area contributed by atoms with Crippen LogP contribution in [-0.4, -0.2) is 31.4 Å². The highest BCUT2D eigenvalue weighted by atomic mass is 16.6. The first-order chi connectivity index (χ1) is 11.6. The summed E-state index contributed by atoms with van der Waals surface area (Å²) in [5, 5.41) is 2.61. The van der Waals surface area contributed by atoms with Crippen LogP contribution in [0.2, 0.25) is 0 Å². The van der Waals surface area contributed by atoms with Crippen LogP contribution in [0.4, 0.5) is 15.3 Å². The number of hydrogen-bond donors (Lipinski definition) is 1. The Hall–Kier alpha value is -3.02. The van der Waals surface area contributed by atoms with Gasteiger partial charge in [0.25, 0.3) is 0 Å². The molecule has 6 heteroatoms. The van der Waals surface area contributed by atoms with Crippen molar-refractivity contribution in [1.29, 1.82) is 0 Å². The molecule has 1 fully saturated rings. The number of carbonyl (C=O) groups is 2. The number of aryl methyl sites for hydroxylation is 1. The van der Waals surface area contributed by atoms with Crippen LogP contribution in [0.3, 0.4) is 0 Å². The van der Waals surface area contributed by atoms with Gasteiger partial charge in [-0.1, -0.05) is 35.9 Å². The molecule has 0 bridgehead atoms. The molecule has 0 saturated carbocycles. The van der Waals surface area contributed by atoms with E-state index in [9.17, 15) is 9.59 Å². The summed E-state index contributed by atoms with van der Waals surface area (Å²) in [7, 11) is 0. The molecule has 0 aromatic heterocycles. The molecule has 1 aliphatic heterocycles. The van der Waals surface area contributed by atoms with Crippen molar-refractivity contribution < 1.29 is 19.1 Å². The van der Waals surface area contributed by atoms with Crippen molar-refractivity contribution in [2.24, 2.45) is 0 Å².